The number of nitrogens with zero attached hydrogens (tertiary/aromatic N) is 3. The maximum Gasteiger partial charge on any atom is 0.230 e. The first-order valence-corrected chi connectivity index (χ1v) is 9.50. The monoisotopic (exact) mass is 416 g/mol. The second kappa shape index (κ2) is 9.08. The number of carbonyl (C=O) groups is 1. The van der Waals surface area contributed by atoms with Crippen LogP contribution in [0.5, 0.6) is 23.1 Å². The number of nitrogens with one attached hydrogen (secondary N) is 1. The molecule has 0 unspecified atom stereocenters. The number of ether oxygens (including phenoxy) is 3. The predicted octanol–water partition coefficient (Wildman–Crippen LogP) is 4.02. The van der Waals surface area contributed by atoms with E-state index < -0.39 is 0 Å². The van der Waals surface area contributed by atoms with Crippen LogP contribution in [0.1, 0.15) is 5.56 Å². The SMILES string of the molecule is COc1cc2ncnc(Oc3ccc(CC(=O)Nc4ccccn4)cc3)c2cc1OC. The molecule has 8 heteroatoms. The number of hydrogen-bond acceptors (Lipinski definition) is 7. The van der Waals surface area contributed by atoms with Crippen LogP contribution in [-0.4, -0.2) is 35.1 Å². The molecule has 0 saturated carbocycles. The summed E-state index contributed by atoms with van der Waals surface area (Å²) in [4.78, 5) is 24.8. The number of pyridine rings is 1. The van der Waals surface area contributed by atoms with Gasteiger partial charge in [0.05, 0.1) is 31.5 Å². The highest BCUT2D eigenvalue weighted by atomic mass is 16.5. The van der Waals surface area contributed by atoms with Gasteiger partial charge >= 0.3 is 0 Å². The minimum atomic E-state index is -0.143. The quantitative estimate of drug-likeness (QED) is 0.486. The molecule has 2 aromatic heterocycles. The lowest BCUT2D eigenvalue weighted by Gasteiger charge is -2.11. The van der Waals surface area contributed by atoms with Crippen molar-refractivity contribution in [1.82, 2.24) is 15.0 Å². The third-order valence-corrected chi connectivity index (χ3v) is 4.54. The Morgan fingerprint density at radius 3 is 2.42 bits per heavy atom. The highest BCUT2D eigenvalue weighted by Crippen LogP contribution is 2.35. The van der Waals surface area contributed by atoms with E-state index in [-0.39, 0.29) is 12.3 Å². The Labute approximate surface area is 178 Å². The van der Waals surface area contributed by atoms with Gasteiger partial charge in [0.1, 0.15) is 17.9 Å². The van der Waals surface area contributed by atoms with Crippen LogP contribution in [0, 0.1) is 0 Å². The second-order valence-electron chi connectivity index (χ2n) is 6.59. The van der Waals surface area contributed by atoms with Gasteiger partial charge in [0.2, 0.25) is 11.8 Å². The number of anilines is 1. The molecule has 156 valence electrons. The third kappa shape index (κ3) is 4.69. The van der Waals surface area contributed by atoms with Crippen molar-refractivity contribution in [2.24, 2.45) is 0 Å². The number of hydrogen-bond donors (Lipinski definition) is 1. The van der Waals surface area contributed by atoms with Gasteiger partial charge in [0.15, 0.2) is 11.5 Å². The minimum absolute atomic E-state index is 0.143. The summed E-state index contributed by atoms with van der Waals surface area (Å²) in [6.07, 6.45) is 3.29. The number of rotatable bonds is 7. The van der Waals surface area contributed by atoms with Crippen LogP contribution in [0.25, 0.3) is 10.9 Å². The topological polar surface area (TPSA) is 95.5 Å². The number of methoxy groups -OCH3 is 2. The van der Waals surface area contributed by atoms with Crippen molar-refractivity contribution in [3.63, 3.8) is 0 Å². The van der Waals surface area contributed by atoms with E-state index in [1.54, 1.807) is 56.8 Å². The zero-order valence-corrected chi connectivity index (χ0v) is 17.0. The molecule has 0 aliphatic carbocycles. The second-order valence-corrected chi connectivity index (χ2v) is 6.59. The fraction of sp³-hybridized carbons (Fsp3) is 0.130. The summed E-state index contributed by atoms with van der Waals surface area (Å²) in [5.74, 6) is 2.50. The first kappa shape index (κ1) is 20.1. The van der Waals surface area contributed by atoms with Crippen LogP contribution in [0.15, 0.2) is 67.1 Å². The van der Waals surface area contributed by atoms with Crippen molar-refractivity contribution in [3.8, 4) is 23.1 Å². The fourth-order valence-electron chi connectivity index (χ4n) is 3.04. The van der Waals surface area contributed by atoms with Crippen LogP contribution in [0.3, 0.4) is 0 Å². The number of fused-ring (bicyclic) bond motifs is 1. The minimum Gasteiger partial charge on any atom is -0.493 e. The van der Waals surface area contributed by atoms with Crippen LogP contribution >= 0.6 is 0 Å². The first-order chi connectivity index (χ1) is 15.2. The molecule has 0 fully saturated rings. The van der Waals surface area contributed by atoms with Gasteiger partial charge in [-0.05, 0) is 35.9 Å². The molecule has 0 aliphatic rings. The van der Waals surface area contributed by atoms with Gasteiger partial charge in [-0.25, -0.2) is 15.0 Å². The van der Waals surface area contributed by atoms with E-state index in [2.05, 4.69) is 20.3 Å². The lowest BCUT2D eigenvalue weighted by molar-refractivity contribution is -0.115. The molecular formula is C23H20N4O4. The van der Waals surface area contributed by atoms with E-state index in [0.717, 1.165) is 5.56 Å². The summed E-state index contributed by atoms with van der Waals surface area (Å²) in [6.45, 7) is 0. The van der Waals surface area contributed by atoms with E-state index in [9.17, 15) is 4.79 Å². The molecule has 0 atom stereocenters. The van der Waals surface area contributed by atoms with Crippen molar-refractivity contribution in [2.75, 3.05) is 19.5 Å². The van der Waals surface area contributed by atoms with Crippen molar-refractivity contribution >= 4 is 22.6 Å². The van der Waals surface area contributed by atoms with Crippen molar-refractivity contribution < 1.29 is 19.0 Å². The van der Waals surface area contributed by atoms with Crippen LogP contribution in [0.4, 0.5) is 5.82 Å². The van der Waals surface area contributed by atoms with Gasteiger partial charge < -0.3 is 19.5 Å². The molecular weight excluding hydrogens is 396 g/mol. The molecule has 31 heavy (non-hydrogen) atoms. The molecule has 2 heterocycles. The molecule has 4 rings (SSSR count). The predicted molar refractivity (Wildman–Crippen MR) is 116 cm³/mol. The van der Waals surface area contributed by atoms with E-state index in [4.69, 9.17) is 14.2 Å². The molecule has 0 spiro atoms. The van der Waals surface area contributed by atoms with E-state index in [1.165, 1.54) is 6.33 Å². The van der Waals surface area contributed by atoms with Gasteiger partial charge in [0.25, 0.3) is 0 Å². The van der Waals surface area contributed by atoms with Gasteiger partial charge in [-0.3, -0.25) is 4.79 Å². The Balaban J connectivity index is 1.49. The Morgan fingerprint density at radius 1 is 0.935 bits per heavy atom. The lowest BCUT2D eigenvalue weighted by Crippen LogP contribution is -2.15. The number of aromatic nitrogens is 3. The van der Waals surface area contributed by atoms with E-state index in [0.29, 0.717) is 39.8 Å². The van der Waals surface area contributed by atoms with E-state index in [1.807, 2.05) is 18.2 Å². The van der Waals surface area contributed by atoms with Crippen molar-refractivity contribution in [3.05, 3.63) is 72.7 Å². The summed E-state index contributed by atoms with van der Waals surface area (Å²) in [7, 11) is 3.14. The maximum atomic E-state index is 12.2. The van der Waals surface area contributed by atoms with Crippen LogP contribution < -0.4 is 19.5 Å². The largest absolute Gasteiger partial charge is 0.493 e. The summed E-state index contributed by atoms with van der Waals surface area (Å²) in [6, 6.07) is 16.1. The zero-order valence-electron chi connectivity index (χ0n) is 17.0. The summed E-state index contributed by atoms with van der Waals surface area (Å²) in [5, 5.41) is 3.46. The first-order valence-electron chi connectivity index (χ1n) is 9.50. The molecule has 2 aromatic carbocycles. The summed E-state index contributed by atoms with van der Waals surface area (Å²) < 4.78 is 16.7. The van der Waals surface area contributed by atoms with E-state index >= 15 is 0 Å². The molecule has 0 aliphatic heterocycles. The van der Waals surface area contributed by atoms with Gasteiger partial charge in [-0.1, -0.05) is 18.2 Å². The normalized spacial score (nSPS) is 10.5. The standard InChI is InChI=1S/C23H20N4O4/c1-29-19-12-17-18(13-20(19)30-2)25-14-26-23(17)31-16-8-6-15(7-9-16)11-22(28)27-21-5-3-4-10-24-21/h3-10,12-14H,11H2,1-2H3,(H,24,27,28). The van der Waals surface area contributed by atoms with Gasteiger partial charge in [0, 0.05) is 12.3 Å². The van der Waals surface area contributed by atoms with Crippen LogP contribution in [-0.2, 0) is 11.2 Å². The van der Waals surface area contributed by atoms with Gasteiger partial charge in [-0.15, -0.1) is 0 Å². The van der Waals surface area contributed by atoms with Crippen LogP contribution in [0.2, 0.25) is 0 Å². The summed E-state index contributed by atoms with van der Waals surface area (Å²) in [5.41, 5.74) is 1.52. The average molecular weight is 416 g/mol. The summed E-state index contributed by atoms with van der Waals surface area (Å²) >= 11 is 0. The zero-order chi connectivity index (χ0) is 21.6. The highest BCUT2D eigenvalue weighted by Gasteiger charge is 2.13. The van der Waals surface area contributed by atoms with Gasteiger partial charge in [-0.2, -0.15) is 0 Å². The van der Waals surface area contributed by atoms with Crippen molar-refractivity contribution in [2.45, 2.75) is 6.42 Å². The maximum absolute atomic E-state index is 12.2. The molecule has 1 N–H and O–H groups in total. The molecule has 1 amide bonds. The molecule has 4 aromatic rings. The molecule has 8 nitrogen and oxygen atoms in total. The van der Waals surface area contributed by atoms with Crippen molar-refractivity contribution in [1.29, 1.82) is 0 Å². The Bertz CT molecular complexity index is 1200. The number of carbonyl (C=O) groups excluding carboxylic acids is 1. The lowest BCUT2D eigenvalue weighted by atomic mass is 10.1. The Morgan fingerprint density at radius 2 is 1.71 bits per heavy atom. The Kier molecular flexibility index (Phi) is 5.89. The Hall–Kier alpha value is -4.20. The average Bonchev–Trinajstić information content (AvgIpc) is 2.80. The third-order valence-electron chi connectivity index (χ3n) is 4.54. The fourth-order valence-corrected chi connectivity index (χ4v) is 3.04. The highest BCUT2D eigenvalue weighted by molar-refractivity contribution is 5.91. The molecule has 0 bridgehead atoms. The molecule has 0 saturated heterocycles. The number of benzene rings is 2. The number of amides is 1. The molecule has 0 radical (unpaired) electrons. The smallest absolute Gasteiger partial charge is 0.230 e.